The van der Waals surface area contributed by atoms with Gasteiger partial charge < -0.3 is 25.2 Å². The number of esters is 2. The Kier molecular flexibility index (Phi) is 36.4. The molecule has 1 unspecified atom stereocenters. The summed E-state index contributed by atoms with van der Waals surface area (Å²) >= 11 is 0. The van der Waals surface area contributed by atoms with Crippen molar-refractivity contribution < 1.29 is 47.5 Å². The van der Waals surface area contributed by atoms with E-state index in [1.54, 1.807) is 0 Å². The van der Waals surface area contributed by atoms with Crippen LogP contribution >= 0.6 is 7.82 Å². The van der Waals surface area contributed by atoms with E-state index in [4.69, 9.17) is 24.8 Å². The lowest BCUT2D eigenvalue weighted by molar-refractivity contribution is -0.161. The molecule has 0 aromatic rings. The Labute approximate surface area is 328 Å². The van der Waals surface area contributed by atoms with E-state index < -0.39 is 51.1 Å². The number of allylic oxidation sites excluding steroid dienone is 4. The number of carboxylic acids is 1. The molecule has 0 fully saturated rings. The van der Waals surface area contributed by atoms with Crippen LogP contribution in [0.1, 0.15) is 194 Å². The first-order valence-electron chi connectivity index (χ1n) is 21.4. The minimum absolute atomic E-state index is 0.151. The molecule has 316 valence electrons. The molecule has 4 N–H and O–H groups in total. The Morgan fingerprint density at radius 2 is 0.926 bits per heavy atom. The Balaban J connectivity index is 4.40. The van der Waals surface area contributed by atoms with E-state index in [0.29, 0.717) is 12.8 Å². The second-order valence-corrected chi connectivity index (χ2v) is 15.9. The van der Waals surface area contributed by atoms with Gasteiger partial charge in [-0.3, -0.25) is 23.4 Å². The van der Waals surface area contributed by atoms with Crippen LogP contribution in [-0.4, -0.2) is 59.9 Å². The summed E-state index contributed by atoms with van der Waals surface area (Å²) in [5.41, 5.74) is 5.33. The second kappa shape index (κ2) is 37.9. The first-order chi connectivity index (χ1) is 26.1. The molecule has 3 atom stereocenters. The number of ether oxygens (including phenoxy) is 2. The number of nitrogens with two attached hydrogens (primary N) is 1. The highest BCUT2D eigenvalue weighted by molar-refractivity contribution is 7.47. The van der Waals surface area contributed by atoms with E-state index in [0.717, 1.165) is 77.0 Å². The maximum atomic E-state index is 12.6. The highest BCUT2D eigenvalue weighted by Gasteiger charge is 2.28. The summed E-state index contributed by atoms with van der Waals surface area (Å²) < 4.78 is 32.6. The highest BCUT2D eigenvalue weighted by atomic mass is 31.2. The van der Waals surface area contributed by atoms with Crippen molar-refractivity contribution in [1.29, 1.82) is 0 Å². The molecule has 11 nitrogen and oxygen atoms in total. The van der Waals surface area contributed by atoms with Gasteiger partial charge in [0.15, 0.2) is 6.10 Å². The van der Waals surface area contributed by atoms with Gasteiger partial charge in [-0.25, -0.2) is 4.57 Å². The summed E-state index contributed by atoms with van der Waals surface area (Å²) in [6, 6.07) is -1.52. The Morgan fingerprint density at radius 3 is 1.35 bits per heavy atom. The maximum absolute atomic E-state index is 12.6. The van der Waals surface area contributed by atoms with Crippen LogP contribution in [0, 0.1) is 0 Å². The lowest BCUT2D eigenvalue weighted by Crippen LogP contribution is -2.34. The van der Waals surface area contributed by atoms with Gasteiger partial charge >= 0.3 is 25.7 Å². The summed E-state index contributed by atoms with van der Waals surface area (Å²) in [5.74, 6) is -2.39. The van der Waals surface area contributed by atoms with Gasteiger partial charge in [-0.05, 0) is 64.2 Å². The topological polar surface area (TPSA) is 172 Å². The molecule has 12 heteroatoms. The van der Waals surface area contributed by atoms with Crippen molar-refractivity contribution in [2.24, 2.45) is 5.73 Å². The van der Waals surface area contributed by atoms with Crippen molar-refractivity contribution >= 4 is 25.7 Å². The SMILES string of the molecule is CCCCCCCC/C=C\CCCCCCCC(=O)OC[C@@H](COP(=O)(O)OC[C@@H](N)C(=O)O)OC(=O)CCCCCCC/C=C\CCCCCCCC. The normalized spacial score (nSPS) is 14.0. The van der Waals surface area contributed by atoms with Crippen LogP contribution in [0.4, 0.5) is 0 Å². The second-order valence-electron chi connectivity index (χ2n) is 14.5. The lowest BCUT2D eigenvalue weighted by atomic mass is 10.1. The van der Waals surface area contributed by atoms with Gasteiger partial charge in [-0.2, -0.15) is 0 Å². The van der Waals surface area contributed by atoms with E-state index in [-0.39, 0.29) is 19.4 Å². The zero-order valence-electron chi connectivity index (χ0n) is 34.1. The number of carboxylic acid groups (broad SMARTS) is 1. The third kappa shape index (κ3) is 36.9. The first kappa shape index (κ1) is 52.0. The van der Waals surface area contributed by atoms with Crippen LogP contribution in [-0.2, 0) is 37.5 Å². The summed E-state index contributed by atoms with van der Waals surface area (Å²) in [6.07, 6.45) is 38.1. The average Bonchev–Trinajstić information content (AvgIpc) is 3.14. The Bertz CT molecular complexity index is 1020. The molecule has 0 bridgehead atoms. The van der Waals surface area contributed by atoms with Crippen LogP contribution in [0.3, 0.4) is 0 Å². The molecule has 0 rings (SSSR count). The summed E-state index contributed by atoms with van der Waals surface area (Å²) in [5, 5.41) is 8.88. The number of hydrogen-bond acceptors (Lipinski definition) is 9. The number of carbonyl (C=O) groups excluding carboxylic acids is 2. The number of carbonyl (C=O) groups is 3. The van der Waals surface area contributed by atoms with Crippen LogP contribution in [0.25, 0.3) is 0 Å². The van der Waals surface area contributed by atoms with E-state index in [1.165, 1.54) is 77.0 Å². The van der Waals surface area contributed by atoms with E-state index in [1.807, 2.05) is 0 Å². The quantitative estimate of drug-likeness (QED) is 0.0233. The van der Waals surface area contributed by atoms with Gasteiger partial charge in [-0.1, -0.05) is 141 Å². The van der Waals surface area contributed by atoms with Crippen LogP contribution in [0.15, 0.2) is 24.3 Å². The van der Waals surface area contributed by atoms with E-state index >= 15 is 0 Å². The van der Waals surface area contributed by atoms with Gasteiger partial charge in [0.05, 0.1) is 13.2 Å². The molecule has 0 aliphatic carbocycles. The van der Waals surface area contributed by atoms with E-state index in [9.17, 15) is 23.8 Å². The van der Waals surface area contributed by atoms with Crippen LogP contribution in [0.5, 0.6) is 0 Å². The predicted molar refractivity (Wildman–Crippen MR) is 217 cm³/mol. The first-order valence-corrected chi connectivity index (χ1v) is 22.9. The van der Waals surface area contributed by atoms with E-state index in [2.05, 4.69) is 42.7 Å². The lowest BCUT2D eigenvalue weighted by Gasteiger charge is -2.20. The van der Waals surface area contributed by atoms with Gasteiger partial charge in [-0.15, -0.1) is 0 Å². The Morgan fingerprint density at radius 1 is 0.556 bits per heavy atom. The van der Waals surface area contributed by atoms with Gasteiger partial charge in [0.1, 0.15) is 12.6 Å². The zero-order valence-corrected chi connectivity index (χ0v) is 35.0. The fourth-order valence-corrected chi connectivity index (χ4v) is 6.54. The van der Waals surface area contributed by atoms with Gasteiger partial charge in [0.25, 0.3) is 0 Å². The molecular weight excluding hydrogens is 709 g/mol. The fraction of sp³-hybridized carbons (Fsp3) is 0.833. The summed E-state index contributed by atoms with van der Waals surface area (Å²) in [6.45, 7) is 2.78. The molecule has 0 amide bonds. The minimum Gasteiger partial charge on any atom is -0.480 e. The number of unbranched alkanes of at least 4 members (excludes halogenated alkanes) is 22. The molecular formula is C42H78NO10P. The number of hydrogen-bond donors (Lipinski definition) is 3. The van der Waals surface area contributed by atoms with Crippen molar-refractivity contribution in [3.05, 3.63) is 24.3 Å². The third-order valence-electron chi connectivity index (χ3n) is 9.17. The van der Waals surface area contributed by atoms with Crippen LogP contribution in [0.2, 0.25) is 0 Å². The number of aliphatic carboxylic acids is 1. The van der Waals surface area contributed by atoms with Crippen molar-refractivity contribution in [2.45, 2.75) is 206 Å². The highest BCUT2D eigenvalue weighted by Crippen LogP contribution is 2.43. The van der Waals surface area contributed by atoms with Crippen molar-refractivity contribution in [1.82, 2.24) is 0 Å². The minimum atomic E-state index is -4.71. The average molecular weight is 788 g/mol. The predicted octanol–water partition coefficient (Wildman–Crippen LogP) is 11.1. The fourth-order valence-electron chi connectivity index (χ4n) is 5.76. The van der Waals surface area contributed by atoms with Crippen molar-refractivity contribution in [2.75, 3.05) is 19.8 Å². The molecule has 0 heterocycles. The molecule has 0 spiro atoms. The molecule has 0 aromatic carbocycles. The molecule has 0 saturated heterocycles. The molecule has 0 radical (unpaired) electrons. The monoisotopic (exact) mass is 788 g/mol. The third-order valence-corrected chi connectivity index (χ3v) is 10.1. The number of phosphoric acid groups is 1. The smallest absolute Gasteiger partial charge is 0.472 e. The summed E-state index contributed by atoms with van der Waals surface area (Å²) in [4.78, 5) is 45.9. The maximum Gasteiger partial charge on any atom is 0.472 e. The number of phosphoric ester groups is 1. The standard InChI is InChI=1S/C42H78NO10P/c1-3-5-7-9-11-13-15-17-19-21-23-25-27-29-31-33-40(44)50-35-38(36-51-54(48,49)52-37-39(43)42(46)47)53-41(45)34-32-30-28-26-24-22-20-18-16-14-12-10-8-6-4-2/h17-20,38-39H,3-16,21-37,43H2,1-2H3,(H,46,47)(H,48,49)/b19-17-,20-18-/t38-,39+/m0/s1. The van der Waals surface area contributed by atoms with Crippen molar-refractivity contribution in [3.8, 4) is 0 Å². The largest absolute Gasteiger partial charge is 0.480 e. The molecule has 0 aliphatic heterocycles. The molecule has 0 saturated carbocycles. The zero-order chi connectivity index (χ0) is 40.0. The van der Waals surface area contributed by atoms with Crippen LogP contribution < -0.4 is 5.73 Å². The van der Waals surface area contributed by atoms with Gasteiger partial charge in [0.2, 0.25) is 0 Å². The van der Waals surface area contributed by atoms with Gasteiger partial charge in [0, 0.05) is 12.8 Å². The Hall–Kier alpha value is -2.04. The van der Waals surface area contributed by atoms with Crippen molar-refractivity contribution in [3.63, 3.8) is 0 Å². The molecule has 0 aliphatic rings. The molecule has 0 aromatic heterocycles. The molecule has 54 heavy (non-hydrogen) atoms. The summed E-state index contributed by atoms with van der Waals surface area (Å²) in [7, 11) is -4.71. The number of rotatable bonds is 40.